The lowest BCUT2D eigenvalue weighted by molar-refractivity contribution is -0.191. The zero-order chi connectivity index (χ0) is 25.1. The van der Waals surface area contributed by atoms with Crippen molar-refractivity contribution in [2.24, 2.45) is 5.92 Å². The van der Waals surface area contributed by atoms with Gasteiger partial charge >= 0.3 is 6.03 Å². The second-order valence-electron chi connectivity index (χ2n) is 9.08. The van der Waals surface area contributed by atoms with Crippen LogP contribution in [-0.2, 0) is 22.7 Å². The number of piperazine rings is 1. The van der Waals surface area contributed by atoms with E-state index in [0.717, 1.165) is 17.7 Å². The third-order valence-electron chi connectivity index (χ3n) is 6.79. The molecule has 10 nitrogen and oxygen atoms in total. The number of urea groups is 1. The van der Waals surface area contributed by atoms with Crippen LogP contribution in [0.25, 0.3) is 0 Å². The first-order valence-electron chi connectivity index (χ1n) is 11.9. The third kappa shape index (κ3) is 4.97. The predicted molar refractivity (Wildman–Crippen MR) is 128 cm³/mol. The highest BCUT2D eigenvalue weighted by atomic mass is 16.5. The topological polar surface area (TPSA) is 98.6 Å². The summed E-state index contributed by atoms with van der Waals surface area (Å²) in [5.74, 6) is 1.04. The molecule has 0 spiro atoms. The molecule has 3 heterocycles. The van der Waals surface area contributed by atoms with Crippen LogP contribution in [0, 0.1) is 5.92 Å². The minimum Gasteiger partial charge on any atom is -0.497 e. The van der Waals surface area contributed by atoms with Gasteiger partial charge in [0.05, 0.1) is 33.0 Å². The number of amides is 4. The average molecular weight is 484 g/mol. The van der Waals surface area contributed by atoms with E-state index in [2.05, 4.69) is 5.32 Å². The van der Waals surface area contributed by atoms with Gasteiger partial charge in [-0.25, -0.2) is 14.8 Å². The normalized spacial score (nSPS) is 21.7. The zero-order valence-electron chi connectivity index (χ0n) is 20.6. The quantitative estimate of drug-likeness (QED) is 0.649. The number of nitrogens with one attached hydrogen (secondary N) is 1. The summed E-state index contributed by atoms with van der Waals surface area (Å²) in [5, 5.41) is 6.14. The van der Waals surface area contributed by atoms with Gasteiger partial charge in [-0.05, 0) is 35.7 Å². The van der Waals surface area contributed by atoms with Gasteiger partial charge in [0.15, 0.2) is 0 Å². The summed E-state index contributed by atoms with van der Waals surface area (Å²) in [6, 6.07) is 10.1. The fourth-order valence-corrected chi connectivity index (χ4v) is 4.73. The lowest BCUT2D eigenvalue weighted by Gasteiger charge is -2.55. The van der Waals surface area contributed by atoms with Gasteiger partial charge < -0.3 is 24.3 Å². The van der Waals surface area contributed by atoms with E-state index in [-0.39, 0.29) is 43.4 Å². The number of carbonyl (C=O) groups is 3. The molecule has 1 unspecified atom stereocenters. The molecule has 0 aliphatic carbocycles. The number of benzene rings is 1. The van der Waals surface area contributed by atoms with Gasteiger partial charge in [-0.3, -0.25) is 9.59 Å². The van der Waals surface area contributed by atoms with Crippen molar-refractivity contribution in [1.29, 1.82) is 0 Å². The van der Waals surface area contributed by atoms with Crippen LogP contribution in [0.5, 0.6) is 5.75 Å². The van der Waals surface area contributed by atoms with Gasteiger partial charge in [0.2, 0.25) is 11.8 Å². The number of hydrogen-bond acceptors (Lipinski definition) is 6. The van der Waals surface area contributed by atoms with Crippen molar-refractivity contribution in [3.05, 3.63) is 54.0 Å². The number of furan rings is 1. The molecule has 1 N–H and O–H groups in total. The van der Waals surface area contributed by atoms with E-state index in [0.29, 0.717) is 12.3 Å². The number of likely N-dealkylation sites (N-methyl/N-ethyl adjacent to an activating group) is 1. The van der Waals surface area contributed by atoms with E-state index >= 15 is 0 Å². The van der Waals surface area contributed by atoms with Crippen LogP contribution in [-0.4, -0.2) is 77.1 Å². The molecule has 2 saturated heterocycles. The molecule has 2 aromatic rings. The molecule has 188 valence electrons. The summed E-state index contributed by atoms with van der Waals surface area (Å²) in [5.41, 5.74) is 0.919. The lowest BCUT2D eigenvalue weighted by atomic mass is 9.92. The summed E-state index contributed by atoms with van der Waals surface area (Å²) in [6.45, 7) is 4.78. The number of hydrogen-bond donors (Lipinski definition) is 1. The van der Waals surface area contributed by atoms with Crippen LogP contribution in [0.15, 0.2) is 47.1 Å². The molecule has 35 heavy (non-hydrogen) atoms. The fourth-order valence-electron chi connectivity index (χ4n) is 4.73. The summed E-state index contributed by atoms with van der Waals surface area (Å²) in [4.78, 5) is 43.4. The number of carbonyl (C=O) groups excluding carboxylic acids is 3. The van der Waals surface area contributed by atoms with Crippen LogP contribution in [0.4, 0.5) is 4.79 Å². The molecule has 4 rings (SSSR count). The molecule has 1 aromatic heterocycles. The van der Waals surface area contributed by atoms with E-state index in [4.69, 9.17) is 9.15 Å². The maximum Gasteiger partial charge on any atom is 0.334 e. The maximum atomic E-state index is 13.5. The van der Waals surface area contributed by atoms with E-state index < -0.39 is 12.2 Å². The third-order valence-corrected chi connectivity index (χ3v) is 6.79. The first-order valence-corrected chi connectivity index (χ1v) is 11.9. The van der Waals surface area contributed by atoms with Gasteiger partial charge in [0.1, 0.15) is 23.7 Å². The number of nitrogens with zero attached hydrogens (tertiary/aromatic N) is 4. The highest BCUT2D eigenvalue weighted by molar-refractivity contribution is 5.91. The van der Waals surface area contributed by atoms with Crippen molar-refractivity contribution < 1.29 is 23.5 Å². The summed E-state index contributed by atoms with van der Waals surface area (Å²) < 4.78 is 10.7. The van der Waals surface area contributed by atoms with Crippen LogP contribution >= 0.6 is 0 Å². The SMILES string of the molecule is CCC(C)[C@H]1C(=O)N(Cc2ccco2)C[C@H]2N1C(=O)CN(C)N2C(=O)NCc1ccc(OC)cc1. The molecule has 4 amide bonds. The monoisotopic (exact) mass is 483 g/mol. The van der Waals surface area contributed by atoms with Crippen molar-refractivity contribution >= 4 is 17.8 Å². The minimum atomic E-state index is -0.646. The Labute approximate surface area is 205 Å². The van der Waals surface area contributed by atoms with Crippen molar-refractivity contribution in [2.75, 3.05) is 27.2 Å². The van der Waals surface area contributed by atoms with Gasteiger partial charge in [0, 0.05) is 13.6 Å². The number of ether oxygens (including phenoxy) is 1. The van der Waals surface area contributed by atoms with E-state index in [9.17, 15) is 14.4 Å². The van der Waals surface area contributed by atoms with E-state index in [1.54, 1.807) is 46.3 Å². The lowest BCUT2D eigenvalue weighted by Crippen LogP contribution is -2.76. The Morgan fingerprint density at radius 2 is 1.97 bits per heavy atom. The Morgan fingerprint density at radius 1 is 1.23 bits per heavy atom. The molecule has 2 aliphatic rings. The Bertz CT molecular complexity index is 1040. The molecule has 0 saturated carbocycles. The molecule has 0 bridgehead atoms. The second-order valence-corrected chi connectivity index (χ2v) is 9.08. The Balaban J connectivity index is 1.58. The van der Waals surface area contributed by atoms with E-state index in [1.807, 2.05) is 44.2 Å². The molecule has 10 heteroatoms. The minimum absolute atomic E-state index is 0.0187. The zero-order valence-corrected chi connectivity index (χ0v) is 20.6. The molecule has 0 radical (unpaired) electrons. The number of rotatable bonds is 7. The second kappa shape index (κ2) is 10.4. The highest BCUT2D eigenvalue weighted by Gasteiger charge is 2.51. The Morgan fingerprint density at radius 3 is 2.60 bits per heavy atom. The molecular weight excluding hydrogens is 450 g/mol. The van der Waals surface area contributed by atoms with Crippen LogP contribution in [0.3, 0.4) is 0 Å². The largest absolute Gasteiger partial charge is 0.497 e. The molecule has 3 atom stereocenters. The van der Waals surface area contributed by atoms with Crippen molar-refractivity contribution in [1.82, 2.24) is 25.1 Å². The van der Waals surface area contributed by atoms with Crippen LogP contribution in [0.1, 0.15) is 31.6 Å². The van der Waals surface area contributed by atoms with Crippen LogP contribution < -0.4 is 10.1 Å². The fraction of sp³-hybridized carbons (Fsp3) is 0.480. The smallest absolute Gasteiger partial charge is 0.334 e. The molecule has 1 aromatic carbocycles. The molecular formula is C25H33N5O5. The first kappa shape index (κ1) is 24.6. The highest BCUT2D eigenvalue weighted by Crippen LogP contribution is 2.31. The Kier molecular flexibility index (Phi) is 7.30. The van der Waals surface area contributed by atoms with Gasteiger partial charge in [-0.15, -0.1) is 0 Å². The van der Waals surface area contributed by atoms with Crippen molar-refractivity contribution in [3.8, 4) is 5.75 Å². The summed E-state index contributed by atoms with van der Waals surface area (Å²) in [7, 11) is 3.32. The standard InChI is InChI=1S/C25H33N5O5/c1-5-17(2)23-24(32)28(14-20-7-6-12-35-20)15-21-29(23)22(31)16-27(3)30(21)25(33)26-13-18-8-10-19(34-4)11-9-18/h6-12,17,21,23H,5,13-16H2,1-4H3,(H,26,33)/t17?,21-,23-/m0/s1. The van der Waals surface area contributed by atoms with Crippen molar-refractivity contribution in [2.45, 2.75) is 45.6 Å². The van der Waals surface area contributed by atoms with Crippen molar-refractivity contribution in [3.63, 3.8) is 0 Å². The molecule has 2 fully saturated rings. The summed E-state index contributed by atoms with van der Waals surface area (Å²) >= 11 is 0. The predicted octanol–water partition coefficient (Wildman–Crippen LogP) is 2.27. The average Bonchev–Trinajstić information content (AvgIpc) is 3.36. The van der Waals surface area contributed by atoms with Gasteiger partial charge in [0.25, 0.3) is 0 Å². The number of fused-ring (bicyclic) bond motifs is 1. The number of hydrazine groups is 1. The van der Waals surface area contributed by atoms with E-state index in [1.165, 1.54) is 0 Å². The maximum absolute atomic E-state index is 13.5. The van der Waals surface area contributed by atoms with Gasteiger partial charge in [-0.2, -0.15) is 0 Å². The summed E-state index contributed by atoms with van der Waals surface area (Å²) in [6.07, 6.45) is 1.67. The number of methoxy groups -OCH3 is 1. The Hall–Kier alpha value is -3.53. The van der Waals surface area contributed by atoms with Gasteiger partial charge in [-0.1, -0.05) is 32.4 Å². The first-order chi connectivity index (χ1) is 16.8. The van der Waals surface area contributed by atoms with Crippen LogP contribution in [0.2, 0.25) is 0 Å². The molecule has 2 aliphatic heterocycles.